The van der Waals surface area contributed by atoms with E-state index in [9.17, 15) is 34.8 Å². The minimum absolute atomic E-state index is 0. The summed E-state index contributed by atoms with van der Waals surface area (Å²) in [5.41, 5.74) is 2.13. The number of aliphatic hydroxyl groups excluding tert-OH is 2. The van der Waals surface area contributed by atoms with Crippen LogP contribution in [0.3, 0.4) is 0 Å². The predicted octanol–water partition coefficient (Wildman–Crippen LogP) is 1.04. The van der Waals surface area contributed by atoms with Crippen LogP contribution in [0.4, 0.5) is 0 Å². The van der Waals surface area contributed by atoms with E-state index >= 15 is 0 Å². The van der Waals surface area contributed by atoms with Crippen molar-refractivity contribution in [3.63, 3.8) is 0 Å². The van der Waals surface area contributed by atoms with Crippen molar-refractivity contribution in [1.29, 1.82) is 0 Å². The number of carbonyl (C=O) groups is 3. The van der Waals surface area contributed by atoms with Gasteiger partial charge in [-0.3, -0.25) is 19.3 Å². The lowest BCUT2D eigenvalue weighted by molar-refractivity contribution is -0.153. The summed E-state index contributed by atoms with van der Waals surface area (Å²) in [5.74, 6) is -6.78. The zero-order valence-electron chi connectivity index (χ0n) is 17.1. The molecule has 172 valence electrons. The molecule has 11 heteroatoms. The maximum Gasteiger partial charge on any atom is 0.255 e. The first-order chi connectivity index (χ1) is 14.4. The van der Waals surface area contributed by atoms with Gasteiger partial charge in [0.15, 0.2) is 11.4 Å². The van der Waals surface area contributed by atoms with Crippen molar-refractivity contribution in [3.8, 4) is 5.75 Å². The molecule has 0 bridgehead atoms. The van der Waals surface area contributed by atoms with Gasteiger partial charge in [0, 0.05) is 16.5 Å². The maximum absolute atomic E-state index is 13.5. The molecular formula is C21H22Cl2N2O7. The van der Waals surface area contributed by atoms with Crippen LogP contribution in [0.1, 0.15) is 17.5 Å². The third-order valence-corrected chi connectivity index (χ3v) is 6.71. The number of phenols is 1. The van der Waals surface area contributed by atoms with Crippen molar-refractivity contribution in [2.75, 3.05) is 14.1 Å². The van der Waals surface area contributed by atoms with Crippen molar-refractivity contribution in [1.82, 2.24) is 4.90 Å². The van der Waals surface area contributed by atoms with E-state index in [-0.39, 0.29) is 47.2 Å². The summed E-state index contributed by atoms with van der Waals surface area (Å²) in [5, 5.41) is 43.5. The highest BCUT2D eigenvalue weighted by Crippen LogP contribution is 2.52. The number of nitrogens with zero attached hydrogens (tertiary/aromatic N) is 1. The number of halogens is 2. The number of amides is 1. The number of aliphatic hydroxyl groups is 3. The second kappa shape index (κ2) is 7.77. The van der Waals surface area contributed by atoms with Gasteiger partial charge >= 0.3 is 0 Å². The number of rotatable bonds is 2. The number of primary amides is 1. The summed E-state index contributed by atoms with van der Waals surface area (Å²) in [6.45, 7) is 0. The Morgan fingerprint density at radius 3 is 2.41 bits per heavy atom. The predicted molar refractivity (Wildman–Crippen MR) is 117 cm³/mol. The monoisotopic (exact) mass is 484 g/mol. The summed E-state index contributed by atoms with van der Waals surface area (Å²) in [4.78, 5) is 39.8. The van der Waals surface area contributed by atoms with Crippen molar-refractivity contribution in [2.24, 2.45) is 17.6 Å². The zero-order valence-corrected chi connectivity index (χ0v) is 18.7. The largest absolute Gasteiger partial charge is 0.508 e. The Labute approximate surface area is 194 Å². The number of aromatic hydroxyl groups is 1. The molecule has 0 aliphatic heterocycles. The number of ketones is 2. The molecule has 9 nitrogen and oxygen atoms in total. The Morgan fingerprint density at radius 2 is 1.84 bits per heavy atom. The van der Waals surface area contributed by atoms with E-state index in [1.54, 1.807) is 20.2 Å². The topological polar surface area (TPSA) is 161 Å². The second-order valence-corrected chi connectivity index (χ2v) is 8.86. The van der Waals surface area contributed by atoms with Gasteiger partial charge in [0.05, 0.1) is 11.6 Å². The average molecular weight is 485 g/mol. The van der Waals surface area contributed by atoms with Crippen LogP contribution in [0, 0.1) is 11.8 Å². The molecule has 2 unspecified atom stereocenters. The van der Waals surface area contributed by atoms with E-state index < -0.39 is 58.0 Å². The van der Waals surface area contributed by atoms with Gasteiger partial charge in [0.25, 0.3) is 5.91 Å². The van der Waals surface area contributed by atoms with Crippen molar-refractivity contribution >= 4 is 47.2 Å². The molecule has 1 aromatic carbocycles. The molecule has 0 spiro atoms. The molecule has 0 heterocycles. The Hall–Kier alpha value is -2.59. The molecule has 32 heavy (non-hydrogen) atoms. The number of hydrogen-bond donors (Lipinski definition) is 5. The third-order valence-electron chi connectivity index (χ3n) is 6.49. The molecule has 0 saturated heterocycles. The van der Waals surface area contributed by atoms with E-state index in [2.05, 4.69) is 0 Å². The fourth-order valence-corrected chi connectivity index (χ4v) is 5.47. The number of benzene rings is 1. The summed E-state index contributed by atoms with van der Waals surface area (Å²) in [7, 11) is 3.09. The molecule has 4 rings (SSSR count). The minimum Gasteiger partial charge on any atom is -0.508 e. The number of likely N-dealkylation sites (N-methyl/N-ethyl adjacent to an activating group) is 1. The molecular weight excluding hydrogens is 463 g/mol. The van der Waals surface area contributed by atoms with Gasteiger partial charge in [-0.25, -0.2) is 0 Å². The fourth-order valence-electron chi connectivity index (χ4n) is 5.23. The quantitative estimate of drug-likeness (QED) is 0.388. The Morgan fingerprint density at radius 1 is 1.22 bits per heavy atom. The van der Waals surface area contributed by atoms with Gasteiger partial charge < -0.3 is 26.2 Å². The summed E-state index contributed by atoms with van der Waals surface area (Å²) >= 11 is 6.02. The smallest absolute Gasteiger partial charge is 0.255 e. The van der Waals surface area contributed by atoms with Gasteiger partial charge in [-0.2, -0.15) is 0 Å². The van der Waals surface area contributed by atoms with Crippen LogP contribution >= 0.6 is 24.0 Å². The number of hydrogen-bond acceptors (Lipinski definition) is 8. The molecule has 3 aliphatic rings. The van der Waals surface area contributed by atoms with E-state index in [4.69, 9.17) is 17.3 Å². The summed E-state index contributed by atoms with van der Waals surface area (Å²) < 4.78 is 0. The number of fused-ring (bicyclic) bond motifs is 3. The lowest BCUT2D eigenvalue weighted by Gasteiger charge is -2.50. The van der Waals surface area contributed by atoms with Gasteiger partial charge in [-0.15, -0.1) is 12.4 Å². The van der Waals surface area contributed by atoms with Gasteiger partial charge in [-0.1, -0.05) is 11.6 Å². The molecule has 1 saturated carbocycles. The first-order valence-corrected chi connectivity index (χ1v) is 9.95. The number of phenolic OH excluding ortho intramolecular Hbond substituents is 1. The number of carbonyl (C=O) groups excluding carboxylic acids is 3. The van der Waals surface area contributed by atoms with Crippen LogP contribution in [0.5, 0.6) is 5.75 Å². The standard InChI is InChI=1S/C21H21ClN2O7.ClH/c1-24(2)15-10-5-8-3-7-4-9(22)6-11(25)12(7)16(26)13(8)18(28)21(10,31)19(29)14(17(15)27)20(23)30;/h4,6,8,10,15,25-26,29,31H,3,5H2,1-2H3,(H2,23,30);1H/t8?,10?,15-,21-;/m0./s1. The fraction of sp³-hybridized carbons (Fsp3) is 0.381. The lowest BCUT2D eigenvalue weighted by atomic mass is 9.57. The zero-order chi connectivity index (χ0) is 23.0. The van der Waals surface area contributed by atoms with E-state index in [1.165, 1.54) is 11.0 Å². The van der Waals surface area contributed by atoms with Gasteiger partial charge in [0.1, 0.15) is 22.8 Å². The Kier molecular flexibility index (Phi) is 5.84. The third kappa shape index (κ3) is 3.03. The maximum atomic E-state index is 13.5. The van der Waals surface area contributed by atoms with Gasteiger partial charge in [-0.05, 0) is 50.6 Å². The van der Waals surface area contributed by atoms with Crippen LogP contribution in [0.2, 0.25) is 5.02 Å². The normalized spacial score (nSPS) is 29.3. The SMILES string of the molecule is CN(C)[C@@H]1C(=O)C(C(N)=O)=C(O)[C@@]2(O)C(=O)C3=C(O)c4c(O)cc(Cl)cc4CC3CC12.Cl. The van der Waals surface area contributed by atoms with E-state index in [1.807, 2.05) is 0 Å². The highest BCUT2D eigenvalue weighted by molar-refractivity contribution is 6.31. The molecule has 1 aromatic rings. The lowest BCUT2D eigenvalue weighted by Crippen LogP contribution is -2.65. The molecule has 1 fully saturated rings. The molecule has 3 aliphatic carbocycles. The molecule has 1 amide bonds. The van der Waals surface area contributed by atoms with E-state index in [0.29, 0.717) is 5.56 Å². The van der Waals surface area contributed by atoms with Crippen LogP contribution in [0.15, 0.2) is 29.0 Å². The Bertz CT molecular complexity index is 1130. The first kappa shape index (κ1) is 24.1. The highest BCUT2D eigenvalue weighted by Gasteiger charge is 2.64. The second-order valence-electron chi connectivity index (χ2n) is 8.42. The van der Waals surface area contributed by atoms with Crippen molar-refractivity contribution in [3.05, 3.63) is 45.2 Å². The minimum atomic E-state index is -2.63. The van der Waals surface area contributed by atoms with E-state index in [0.717, 1.165) is 0 Å². The summed E-state index contributed by atoms with van der Waals surface area (Å²) in [6.07, 6.45) is 0.252. The van der Waals surface area contributed by atoms with Crippen LogP contribution < -0.4 is 5.73 Å². The van der Waals surface area contributed by atoms with Crippen molar-refractivity contribution in [2.45, 2.75) is 24.5 Å². The average Bonchev–Trinajstić information content (AvgIpc) is 2.63. The molecule has 4 atom stereocenters. The van der Waals surface area contributed by atoms with Crippen LogP contribution in [-0.4, -0.2) is 68.5 Å². The highest BCUT2D eigenvalue weighted by atomic mass is 35.5. The van der Waals surface area contributed by atoms with Crippen molar-refractivity contribution < 1.29 is 34.8 Å². The number of Topliss-reactive ketones (excluding diaryl/α,β-unsaturated/α-hetero) is 2. The molecule has 0 aromatic heterocycles. The molecule has 0 radical (unpaired) electrons. The number of nitrogens with two attached hydrogens (primary N) is 1. The van der Waals surface area contributed by atoms with Gasteiger partial charge in [0.2, 0.25) is 5.78 Å². The van der Waals surface area contributed by atoms with Crippen LogP contribution in [-0.2, 0) is 20.8 Å². The van der Waals surface area contributed by atoms with Crippen LogP contribution in [0.25, 0.3) is 5.76 Å². The first-order valence-electron chi connectivity index (χ1n) is 9.57. The Balaban J connectivity index is 0.00000289. The molecule has 6 N–H and O–H groups in total. The summed E-state index contributed by atoms with van der Waals surface area (Å²) in [6, 6.07) is 1.67.